The Hall–Kier alpha value is -1.02. The summed E-state index contributed by atoms with van der Waals surface area (Å²) in [6, 6.07) is 3.67. The summed E-state index contributed by atoms with van der Waals surface area (Å²) in [7, 11) is 0. The van der Waals surface area contributed by atoms with Gasteiger partial charge in [-0.25, -0.2) is 4.39 Å². The van der Waals surface area contributed by atoms with E-state index in [0.29, 0.717) is 17.9 Å². The van der Waals surface area contributed by atoms with E-state index in [-0.39, 0.29) is 10.8 Å². The molecule has 1 aromatic rings. The first-order valence-electron chi connectivity index (χ1n) is 14.4. The second-order valence-electron chi connectivity index (χ2n) is 11.4. The summed E-state index contributed by atoms with van der Waals surface area (Å²) in [5.41, 5.74) is 1.80. The molecule has 3 aliphatic carbocycles. The summed E-state index contributed by atoms with van der Waals surface area (Å²) in [5, 5.41) is 0.121. The fourth-order valence-electron chi connectivity index (χ4n) is 7.29. The highest BCUT2D eigenvalue weighted by Crippen LogP contribution is 2.46. The molecule has 1 aromatic carbocycles. The molecule has 2 saturated carbocycles. The van der Waals surface area contributed by atoms with Gasteiger partial charge in [-0.1, -0.05) is 63.1 Å². The molecule has 0 N–H and O–H groups in total. The van der Waals surface area contributed by atoms with Crippen molar-refractivity contribution in [2.24, 2.45) is 29.6 Å². The van der Waals surface area contributed by atoms with Gasteiger partial charge in [-0.15, -0.1) is 0 Å². The molecule has 2 fully saturated rings. The molecule has 0 saturated heterocycles. The Bertz CT molecular complexity index is 802. The lowest BCUT2D eigenvalue weighted by atomic mass is 9.65. The van der Waals surface area contributed by atoms with Crippen molar-refractivity contribution in [3.8, 4) is 5.75 Å². The first kappa shape index (κ1) is 26.1. The number of hydrogen-bond acceptors (Lipinski definition) is 1. The summed E-state index contributed by atoms with van der Waals surface area (Å²) in [5.74, 6) is 4.79. The SMILES string of the molecule is CCCCCC1CCC(C2CCC(C3CC=C(c4ccc(OCC)c(Cl)c4F)CC3)CC2)CC1. The molecule has 3 heteroatoms. The van der Waals surface area contributed by atoms with E-state index in [4.69, 9.17) is 16.3 Å². The monoisotopic (exact) mass is 488 g/mol. The minimum atomic E-state index is -0.321. The van der Waals surface area contributed by atoms with Gasteiger partial charge >= 0.3 is 0 Å². The van der Waals surface area contributed by atoms with Crippen molar-refractivity contribution in [3.63, 3.8) is 0 Å². The number of halogens is 2. The Morgan fingerprint density at radius 1 is 0.853 bits per heavy atom. The number of hydrogen-bond donors (Lipinski definition) is 0. The van der Waals surface area contributed by atoms with Crippen LogP contribution in [0.15, 0.2) is 18.2 Å². The second kappa shape index (κ2) is 12.8. The minimum Gasteiger partial charge on any atom is -0.492 e. The van der Waals surface area contributed by atoms with Gasteiger partial charge in [-0.3, -0.25) is 0 Å². The van der Waals surface area contributed by atoms with Crippen LogP contribution in [0.4, 0.5) is 4.39 Å². The molecular formula is C31H46ClFO. The Labute approximate surface area is 212 Å². The van der Waals surface area contributed by atoms with E-state index < -0.39 is 0 Å². The van der Waals surface area contributed by atoms with E-state index in [0.717, 1.165) is 48.0 Å². The first-order valence-corrected chi connectivity index (χ1v) is 14.8. The van der Waals surface area contributed by atoms with Crippen LogP contribution in [0.1, 0.15) is 116 Å². The summed E-state index contributed by atoms with van der Waals surface area (Å²) < 4.78 is 20.3. The molecule has 34 heavy (non-hydrogen) atoms. The normalized spacial score (nSPS) is 30.1. The van der Waals surface area contributed by atoms with Crippen LogP contribution < -0.4 is 4.74 Å². The maximum Gasteiger partial charge on any atom is 0.153 e. The van der Waals surface area contributed by atoms with Gasteiger partial charge in [0.1, 0.15) is 10.8 Å². The van der Waals surface area contributed by atoms with Crippen LogP contribution in [0, 0.1) is 35.4 Å². The highest BCUT2D eigenvalue weighted by Gasteiger charge is 2.34. The van der Waals surface area contributed by atoms with Crippen molar-refractivity contribution < 1.29 is 9.13 Å². The summed E-state index contributed by atoms with van der Waals surface area (Å²) in [6.45, 7) is 4.69. The molecule has 0 aliphatic heterocycles. The Kier molecular flexibility index (Phi) is 9.80. The van der Waals surface area contributed by atoms with Crippen LogP contribution in [0.25, 0.3) is 5.57 Å². The second-order valence-corrected chi connectivity index (χ2v) is 11.8. The zero-order chi connectivity index (χ0) is 23.9. The van der Waals surface area contributed by atoms with Gasteiger partial charge < -0.3 is 4.74 Å². The lowest BCUT2D eigenvalue weighted by Gasteiger charge is -2.40. The van der Waals surface area contributed by atoms with Gasteiger partial charge in [-0.2, -0.15) is 0 Å². The quantitative estimate of drug-likeness (QED) is 0.314. The number of allylic oxidation sites excluding steroid dienone is 2. The predicted molar refractivity (Wildman–Crippen MR) is 143 cm³/mol. The predicted octanol–water partition coefficient (Wildman–Crippen LogP) is 10.3. The van der Waals surface area contributed by atoms with Gasteiger partial charge in [0.2, 0.25) is 0 Å². The summed E-state index contributed by atoms with van der Waals surface area (Å²) in [4.78, 5) is 0. The lowest BCUT2D eigenvalue weighted by molar-refractivity contribution is 0.120. The van der Waals surface area contributed by atoms with E-state index in [1.807, 2.05) is 19.1 Å². The zero-order valence-electron chi connectivity index (χ0n) is 21.6. The van der Waals surface area contributed by atoms with Crippen molar-refractivity contribution in [1.82, 2.24) is 0 Å². The fourth-order valence-corrected chi connectivity index (χ4v) is 7.51. The smallest absolute Gasteiger partial charge is 0.153 e. The van der Waals surface area contributed by atoms with E-state index in [1.165, 1.54) is 83.5 Å². The van der Waals surface area contributed by atoms with E-state index in [2.05, 4.69) is 13.0 Å². The molecule has 0 aromatic heterocycles. The van der Waals surface area contributed by atoms with Gasteiger partial charge in [0.05, 0.1) is 6.61 Å². The van der Waals surface area contributed by atoms with E-state index >= 15 is 0 Å². The third kappa shape index (κ3) is 6.40. The van der Waals surface area contributed by atoms with Crippen molar-refractivity contribution >= 4 is 17.2 Å². The molecule has 0 bridgehead atoms. The van der Waals surface area contributed by atoms with Crippen molar-refractivity contribution in [3.05, 3.63) is 34.6 Å². The molecule has 3 aliphatic rings. The van der Waals surface area contributed by atoms with Crippen LogP contribution in [0.2, 0.25) is 5.02 Å². The molecule has 0 heterocycles. The van der Waals surface area contributed by atoms with Crippen LogP contribution in [-0.2, 0) is 0 Å². The first-order chi connectivity index (χ1) is 16.6. The van der Waals surface area contributed by atoms with Gasteiger partial charge in [0.15, 0.2) is 5.82 Å². The number of benzene rings is 1. The van der Waals surface area contributed by atoms with Crippen molar-refractivity contribution in [1.29, 1.82) is 0 Å². The standard InChI is InChI=1S/C31H46ClFO/c1-3-5-6-7-22-8-10-23(11-9-22)24-12-14-25(15-13-24)26-16-18-27(19-17-26)28-20-21-29(34-4-2)30(32)31(28)33/h18,20-26H,3-17,19H2,1-2H3. The largest absolute Gasteiger partial charge is 0.492 e. The van der Waals surface area contributed by atoms with E-state index in [1.54, 1.807) is 0 Å². The Morgan fingerprint density at radius 2 is 1.50 bits per heavy atom. The van der Waals surface area contributed by atoms with Crippen LogP contribution in [0.5, 0.6) is 5.75 Å². The van der Waals surface area contributed by atoms with Gasteiger partial charge in [-0.05, 0) is 112 Å². The molecule has 4 rings (SSSR count). The fraction of sp³-hybridized carbons (Fsp3) is 0.742. The topological polar surface area (TPSA) is 9.23 Å². The Balaban J connectivity index is 1.23. The van der Waals surface area contributed by atoms with E-state index in [9.17, 15) is 4.39 Å². The van der Waals surface area contributed by atoms with Gasteiger partial charge in [0, 0.05) is 5.56 Å². The highest BCUT2D eigenvalue weighted by atomic mass is 35.5. The van der Waals surface area contributed by atoms with Crippen LogP contribution in [-0.4, -0.2) is 6.61 Å². The number of rotatable bonds is 9. The average molecular weight is 489 g/mol. The molecule has 0 radical (unpaired) electrons. The molecule has 1 unspecified atom stereocenters. The van der Waals surface area contributed by atoms with Gasteiger partial charge in [0.25, 0.3) is 0 Å². The van der Waals surface area contributed by atoms with Crippen molar-refractivity contribution in [2.45, 2.75) is 110 Å². The lowest BCUT2D eigenvalue weighted by Crippen LogP contribution is -2.28. The molecule has 190 valence electrons. The zero-order valence-corrected chi connectivity index (χ0v) is 22.4. The third-order valence-corrected chi connectivity index (χ3v) is 9.75. The average Bonchev–Trinajstić information content (AvgIpc) is 2.88. The van der Waals surface area contributed by atoms with Crippen LogP contribution in [0.3, 0.4) is 0 Å². The molecular weight excluding hydrogens is 443 g/mol. The minimum absolute atomic E-state index is 0.121. The number of ether oxygens (including phenoxy) is 1. The van der Waals surface area contributed by atoms with Crippen molar-refractivity contribution in [2.75, 3.05) is 6.61 Å². The van der Waals surface area contributed by atoms with Crippen LogP contribution >= 0.6 is 11.6 Å². The summed E-state index contributed by atoms with van der Waals surface area (Å²) >= 11 is 6.23. The summed E-state index contributed by atoms with van der Waals surface area (Å²) in [6.07, 6.45) is 23.0. The molecule has 1 nitrogen and oxygen atoms in total. The highest BCUT2D eigenvalue weighted by molar-refractivity contribution is 6.32. The number of unbranched alkanes of at least 4 members (excludes halogenated alkanes) is 2. The Morgan fingerprint density at radius 3 is 2.09 bits per heavy atom. The molecule has 0 spiro atoms. The maximum atomic E-state index is 14.9. The third-order valence-electron chi connectivity index (χ3n) is 9.40. The maximum absolute atomic E-state index is 14.9. The molecule has 1 atom stereocenters. The molecule has 0 amide bonds.